The van der Waals surface area contributed by atoms with Crippen LogP contribution in [0.4, 0.5) is 0 Å². The number of rotatable bonds is 6. The summed E-state index contributed by atoms with van der Waals surface area (Å²) in [6, 6.07) is 4.29. The second-order valence-corrected chi connectivity index (χ2v) is 5.91. The first-order chi connectivity index (χ1) is 9.39. The van der Waals surface area contributed by atoms with E-state index in [-0.39, 0.29) is 11.8 Å². The second-order valence-electron chi connectivity index (χ2n) is 5.51. The summed E-state index contributed by atoms with van der Waals surface area (Å²) < 4.78 is 10.9. The van der Waals surface area contributed by atoms with Crippen LogP contribution in [0.2, 0.25) is 5.02 Å². The molecule has 1 aliphatic heterocycles. The standard InChI is InChI=1S/C14H18ClNO4/c1-14(6-19-7-14)8-20-12-3-2-9(4-10(12)15)5-11(16)13(17)18/h2-4,11H,5-8,16H2,1H3,(H,17,18). The lowest BCUT2D eigenvalue weighted by Crippen LogP contribution is -2.44. The molecule has 0 amide bonds. The number of nitrogens with two attached hydrogens (primary N) is 1. The third kappa shape index (κ3) is 3.62. The van der Waals surface area contributed by atoms with Crippen molar-refractivity contribution in [1.82, 2.24) is 0 Å². The maximum absolute atomic E-state index is 10.7. The quantitative estimate of drug-likeness (QED) is 0.835. The summed E-state index contributed by atoms with van der Waals surface area (Å²) in [4.78, 5) is 10.7. The predicted octanol–water partition coefficient (Wildman–Crippen LogP) is 1.71. The summed E-state index contributed by atoms with van der Waals surface area (Å²) in [6.07, 6.45) is 0.237. The van der Waals surface area contributed by atoms with E-state index in [1.807, 2.05) is 0 Å². The van der Waals surface area contributed by atoms with Crippen LogP contribution in [0.3, 0.4) is 0 Å². The molecular weight excluding hydrogens is 282 g/mol. The van der Waals surface area contributed by atoms with Crippen molar-refractivity contribution in [2.75, 3.05) is 19.8 Å². The Morgan fingerprint density at radius 1 is 1.60 bits per heavy atom. The van der Waals surface area contributed by atoms with Gasteiger partial charge >= 0.3 is 5.97 Å². The molecule has 0 aliphatic carbocycles. The van der Waals surface area contributed by atoms with Gasteiger partial charge in [0.05, 0.1) is 24.8 Å². The van der Waals surface area contributed by atoms with E-state index in [0.717, 1.165) is 5.56 Å². The van der Waals surface area contributed by atoms with Crippen LogP contribution in [-0.4, -0.2) is 36.9 Å². The Bertz CT molecular complexity index is 502. The third-order valence-corrected chi connectivity index (χ3v) is 3.54. The molecule has 0 spiro atoms. The smallest absolute Gasteiger partial charge is 0.320 e. The van der Waals surface area contributed by atoms with E-state index < -0.39 is 12.0 Å². The number of carbonyl (C=O) groups is 1. The lowest BCUT2D eigenvalue weighted by molar-refractivity contribution is -0.138. The molecule has 6 heteroatoms. The molecule has 3 N–H and O–H groups in total. The van der Waals surface area contributed by atoms with Crippen molar-refractivity contribution < 1.29 is 19.4 Å². The fraction of sp³-hybridized carbons (Fsp3) is 0.500. The average molecular weight is 300 g/mol. The minimum atomic E-state index is -1.03. The summed E-state index contributed by atoms with van der Waals surface area (Å²) in [5.74, 6) is -0.438. The number of carboxylic acid groups (broad SMARTS) is 1. The molecule has 1 heterocycles. The monoisotopic (exact) mass is 299 g/mol. The number of hydrogen-bond donors (Lipinski definition) is 2. The Kier molecular flexibility index (Phi) is 4.52. The van der Waals surface area contributed by atoms with Gasteiger partial charge in [-0.05, 0) is 24.1 Å². The number of hydrogen-bond acceptors (Lipinski definition) is 4. The highest BCUT2D eigenvalue weighted by Gasteiger charge is 2.34. The van der Waals surface area contributed by atoms with Gasteiger partial charge in [-0.2, -0.15) is 0 Å². The Balaban J connectivity index is 1.96. The van der Waals surface area contributed by atoms with Crippen LogP contribution in [0.1, 0.15) is 12.5 Å². The molecule has 110 valence electrons. The molecule has 1 saturated heterocycles. The number of benzene rings is 1. The molecule has 20 heavy (non-hydrogen) atoms. The maximum Gasteiger partial charge on any atom is 0.320 e. The van der Waals surface area contributed by atoms with Crippen LogP contribution in [0, 0.1) is 5.41 Å². The van der Waals surface area contributed by atoms with E-state index in [9.17, 15) is 4.79 Å². The molecule has 1 fully saturated rings. The first-order valence-corrected chi connectivity index (χ1v) is 6.75. The van der Waals surface area contributed by atoms with Gasteiger partial charge in [0.2, 0.25) is 0 Å². The van der Waals surface area contributed by atoms with Crippen molar-refractivity contribution in [2.45, 2.75) is 19.4 Å². The molecule has 1 unspecified atom stereocenters. The molecule has 1 aliphatic rings. The van der Waals surface area contributed by atoms with E-state index in [4.69, 9.17) is 31.9 Å². The van der Waals surface area contributed by atoms with E-state index in [1.165, 1.54) is 0 Å². The third-order valence-electron chi connectivity index (χ3n) is 3.25. The summed E-state index contributed by atoms with van der Waals surface area (Å²) >= 11 is 6.14. The van der Waals surface area contributed by atoms with Crippen LogP contribution in [0.5, 0.6) is 5.75 Å². The first kappa shape index (κ1) is 15.1. The number of carboxylic acids is 1. The molecular formula is C14H18ClNO4. The molecule has 0 bridgehead atoms. The number of halogens is 1. The van der Waals surface area contributed by atoms with E-state index in [2.05, 4.69) is 6.92 Å². The summed E-state index contributed by atoms with van der Waals surface area (Å²) in [5, 5.41) is 9.24. The van der Waals surface area contributed by atoms with E-state index in [1.54, 1.807) is 18.2 Å². The summed E-state index contributed by atoms with van der Waals surface area (Å²) in [7, 11) is 0. The molecule has 1 aromatic rings. The average Bonchev–Trinajstić information content (AvgIpc) is 2.35. The number of aliphatic carboxylic acids is 1. The van der Waals surface area contributed by atoms with Gasteiger partial charge in [-0.25, -0.2) is 0 Å². The van der Waals surface area contributed by atoms with Crippen molar-refractivity contribution in [1.29, 1.82) is 0 Å². The fourth-order valence-corrected chi connectivity index (χ4v) is 2.17. The molecule has 2 rings (SSSR count). The Labute approximate surface area is 122 Å². The van der Waals surface area contributed by atoms with Crippen molar-refractivity contribution >= 4 is 17.6 Å². The largest absolute Gasteiger partial charge is 0.491 e. The summed E-state index contributed by atoms with van der Waals surface area (Å²) in [6.45, 7) is 4.01. The van der Waals surface area contributed by atoms with Crippen LogP contribution >= 0.6 is 11.6 Å². The zero-order valence-electron chi connectivity index (χ0n) is 11.3. The van der Waals surface area contributed by atoms with E-state index >= 15 is 0 Å². The second kappa shape index (κ2) is 5.99. The Morgan fingerprint density at radius 2 is 2.30 bits per heavy atom. The lowest BCUT2D eigenvalue weighted by atomic mass is 9.90. The Morgan fingerprint density at radius 3 is 2.80 bits per heavy atom. The highest BCUT2D eigenvalue weighted by Crippen LogP contribution is 2.31. The van der Waals surface area contributed by atoms with Gasteiger partial charge in [0.1, 0.15) is 11.8 Å². The van der Waals surface area contributed by atoms with Crippen molar-refractivity contribution in [3.05, 3.63) is 28.8 Å². The SMILES string of the molecule is CC1(COc2ccc(CC(N)C(=O)O)cc2Cl)COC1. The molecule has 0 radical (unpaired) electrons. The normalized spacial score (nSPS) is 18.1. The summed E-state index contributed by atoms with van der Waals surface area (Å²) in [5.41, 5.74) is 6.31. The van der Waals surface area contributed by atoms with Crippen molar-refractivity contribution in [3.8, 4) is 5.75 Å². The molecule has 1 aromatic carbocycles. The van der Waals surface area contributed by atoms with Gasteiger partial charge in [0.25, 0.3) is 0 Å². The first-order valence-electron chi connectivity index (χ1n) is 6.37. The van der Waals surface area contributed by atoms with Gasteiger partial charge in [-0.3, -0.25) is 4.79 Å². The van der Waals surface area contributed by atoms with Gasteiger partial charge in [0.15, 0.2) is 0 Å². The van der Waals surface area contributed by atoms with Crippen LogP contribution in [0.15, 0.2) is 18.2 Å². The minimum Gasteiger partial charge on any atom is -0.491 e. The van der Waals surface area contributed by atoms with Crippen LogP contribution < -0.4 is 10.5 Å². The zero-order valence-corrected chi connectivity index (χ0v) is 12.0. The molecule has 0 aromatic heterocycles. The lowest BCUT2D eigenvalue weighted by Gasteiger charge is -2.37. The fourth-order valence-electron chi connectivity index (χ4n) is 1.92. The molecule has 1 atom stereocenters. The molecule has 5 nitrogen and oxygen atoms in total. The van der Waals surface area contributed by atoms with Gasteiger partial charge in [0, 0.05) is 5.41 Å². The number of ether oxygens (including phenoxy) is 2. The van der Waals surface area contributed by atoms with E-state index in [0.29, 0.717) is 30.6 Å². The van der Waals surface area contributed by atoms with Crippen LogP contribution in [-0.2, 0) is 16.0 Å². The Hall–Kier alpha value is -1.30. The zero-order chi connectivity index (χ0) is 14.8. The van der Waals surface area contributed by atoms with Crippen LogP contribution in [0.25, 0.3) is 0 Å². The highest BCUT2D eigenvalue weighted by atomic mass is 35.5. The van der Waals surface area contributed by atoms with Gasteiger partial charge in [-0.1, -0.05) is 24.6 Å². The van der Waals surface area contributed by atoms with Crippen molar-refractivity contribution in [2.24, 2.45) is 11.1 Å². The maximum atomic E-state index is 10.7. The molecule has 0 saturated carbocycles. The van der Waals surface area contributed by atoms with Crippen molar-refractivity contribution in [3.63, 3.8) is 0 Å². The topological polar surface area (TPSA) is 81.8 Å². The van der Waals surface area contributed by atoms with Gasteiger partial charge in [-0.15, -0.1) is 0 Å². The predicted molar refractivity (Wildman–Crippen MR) is 75.2 cm³/mol. The minimum absolute atomic E-state index is 0.0493. The van der Waals surface area contributed by atoms with Gasteiger partial charge < -0.3 is 20.3 Å². The highest BCUT2D eigenvalue weighted by molar-refractivity contribution is 6.32.